The average molecular weight is 365 g/mol. The summed E-state index contributed by atoms with van der Waals surface area (Å²) in [4.78, 5) is 12.3. The number of rotatable bonds is 15. The minimum Gasteiger partial charge on any atom is -0.373 e. The number of unbranched alkanes of at least 4 members (excludes halogenated alkanes) is 4. The zero-order chi connectivity index (χ0) is 17.6. The van der Waals surface area contributed by atoms with Gasteiger partial charge in [-0.3, -0.25) is 4.79 Å². The first kappa shape index (κ1) is 23.1. The van der Waals surface area contributed by atoms with Crippen LogP contribution in [0.1, 0.15) is 79.6 Å². The molecule has 0 saturated heterocycles. The lowest BCUT2D eigenvalue weighted by Gasteiger charge is -2.34. The topological polar surface area (TPSA) is 44.8 Å². The molecule has 0 N–H and O–H groups in total. The molecule has 0 bridgehead atoms. The minimum atomic E-state index is -2.81. The summed E-state index contributed by atoms with van der Waals surface area (Å²) in [7, 11) is -2.81. The molecule has 23 heavy (non-hydrogen) atoms. The molecule has 138 valence electrons. The van der Waals surface area contributed by atoms with Crippen molar-refractivity contribution in [1.29, 1.82) is 0 Å². The van der Waals surface area contributed by atoms with Crippen LogP contribution in [0.3, 0.4) is 0 Å². The average Bonchev–Trinajstić information content (AvgIpc) is 2.53. The molecule has 0 aromatic heterocycles. The van der Waals surface area contributed by atoms with Crippen LogP contribution >= 0.6 is 11.8 Å². The number of carbonyl (C=O) groups excluding carboxylic acids is 1. The van der Waals surface area contributed by atoms with Crippen molar-refractivity contribution in [2.24, 2.45) is 0 Å². The van der Waals surface area contributed by atoms with Gasteiger partial charge in [0.05, 0.1) is 4.87 Å². The van der Waals surface area contributed by atoms with E-state index in [1.165, 1.54) is 31.0 Å². The molecule has 6 heteroatoms. The van der Waals surface area contributed by atoms with Crippen molar-refractivity contribution in [1.82, 2.24) is 0 Å². The SMILES string of the molecule is CCCCCCCC(=O)SC(CC)[Si](OCC)(OCC)OCC. The van der Waals surface area contributed by atoms with Crippen molar-refractivity contribution in [3.8, 4) is 0 Å². The Hall–Kier alpha value is 0.117. The van der Waals surface area contributed by atoms with Crippen LogP contribution in [0.5, 0.6) is 0 Å². The van der Waals surface area contributed by atoms with E-state index in [0.717, 1.165) is 19.3 Å². The number of hydrogen-bond donors (Lipinski definition) is 0. The molecule has 1 unspecified atom stereocenters. The van der Waals surface area contributed by atoms with Gasteiger partial charge in [0.1, 0.15) is 0 Å². The van der Waals surface area contributed by atoms with E-state index in [2.05, 4.69) is 13.8 Å². The smallest absolute Gasteiger partial charge is 0.373 e. The zero-order valence-electron chi connectivity index (χ0n) is 15.7. The molecule has 4 nitrogen and oxygen atoms in total. The Morgan fingerprint density at radius 1 is 0.870 bits per heavy atom. The van der Waals surface area contributed by atoms with Gasteiger partial charge >= 0.3 is 8.80 Å². The van der Waals surface area contributed by atoms with Crippen LogP contribution in [0.2, 0.25) is 0 Å². The molecule has 0 fully saturated rings. The Balaban J connectivity index is 4.62. The highest BCUT2D eigenvalue weighted by Gasteiger charge is 2.49. The van der Waals surface area contributed by atoms with E-state index in [-0.39, 0.29) is 9.99 Å². The summed E-state index contributed by atoms with van der Waals surface area (Å²) >= 11 is 1.38. The second kappa shape index (κ2) is 14.5. The Morgan fingerprint density at radius 3 is 1.83 bits per heavy atom. The molecular weight excluding hydrogens is 328 g/mol. The highest BCUT2D eigenvalue weighted by Crippen LogP contribution is 2.30. The van der Waals surface area contributed by atoms with Crippen molar-refractivity contribution < 1.29 is 18.1 Å². The molecule has 0 aliphatic carbocycles. The highest BCUT2D eigenvalue weighted by atomic mass is 32.2. The fourth-order valence-electron chi connectivity index (χ4n) is 2.50. The molecule has 0 aliphatic heterocycles. The lowest BCUT2D eigenvalue weighted by Crippen LogP contribution is -2.55. The standard InChI is InChI=1S/C17H36O4SSi/c1-6-11-12-13-14-15-16(18)22-17(7-2)23(19-8-3,20-9-4)21-10-5/h17H,6-15H2,1-5H3. The molecule has 0 aromatic carbocycles. The Bertz CT molecular complexity index is 285. The number of hydrogen-bond acceptors (Lipinski definition) is 5. The zero-order valence-corrected chi connectivity index (χ0v) is 17.5. The minimum absolute atomic E-state index is 0.00880. The maximum absolute atomic E-state index is 12.3. The third-order valence-electron chi connectivity index (χ3n) is 3.56. The van der Waals surface area contributed by atoms with E-state index in [9.17, 15) is 4.79 Å². The summed E-state index contributed by atoms with van der Waals surface area (Å²) in [6.45, 7) is 11.8. The number of carbonyl (C=O) groups is 1. The Morgan fingerprint density at radius 2 is 1.39 bits per heavy atom. The first-order valence-electron chi connectivity index (χ1n) is 9.21. The van der Waals surface area contributed by atoms with Crippen LogP contribution in [0, 0.1) is 0 Å². The van der Waals surface area contributed by atoms with Gasteiger partial charge in [-0.15, -0.1) is 0 Å². The lowest BCUT2D eigenvalue weighted by atomic mass is 10.1. The van der Waals surface area contributed by atoms with E-state index in [1.54, 1.807) is 0 Å². The molecule has 0 rings (SSSR count). The molecule has 0 heterocycles. The van der Waals surface area contributed by atoms with Crippen LogP contribution in [0.25, 0.3) is 0 Å². The van der Waals surface area contributed by atoms with Gasteiger partial charge in [0.25, 0.3) is 0 Å². The van der Waals surface area contributed by atoms with E-state index in [1.807, 2.05) is 20.8 Å². The van der Waals surface area contributed by atoms with E-state index >= 15 is 0 Å². The van der Waals surface area contributed by atoms with Gasteiger partial charge in [-0.25, -0.2) is 0 Å². The summed E-state index contributed by atoms with van der Waals surface area (Å²) in [6.07, 6.45) is 7.29. The highest BCUT2D eigenvalue weighted by molar-refractivity contribution is 8.15. The third kappa shape index (κ3) is 9.24. The van der Waals surface area contributed by atoms with Crippen molar-refractivity contribution in [2.75, 3.05) is 19.8 Å². The van der Waals surface area contributed by atoms with Crippen LogP contribution in [0.4, 0.5) is 0 Å². The van der Waals surface area contributed by atoms with Gasteiger partial charge < -0.3 is 13.3 Å². The molecular formula is C17H36O4SSi. The molecule has 0 aliphatic rings. The molecule has 0 amide bonds. The fraction of sp³-hybridized carbons (Fsp3) is 0.941. The van der Waals surface area contributed by atoms with Crippen LogP contribution in [0.15, 0.2) is 0 Å². The lowest BCUT2D eigenvalue weighted by molar-refractivity contribution is -0.111. The van der Waals surface area contributed by atoms with E-state index in [0.29, 0.717) is 26.2 Å². The van der Waals surface area contributed by atoms with Gasteiger partial charge in [0, 0.05) is 26.2 Å². The quantitative estimate of drug-likeness (QED) is 0.303. The molecule has 0 aromatic rings. The van der Waals surface area contributed by atoms with Crippen molar-refractivity contribution in [3.63, 3.8) is 0 Å². The normalized spacial score (nSPS) is 13.3. The van der Waals surface area contributed by atoms with Crippen molar-refractivity contribution in [2.45, 2.75) is 84.4 Å². The monoisotopic (exact) mass is 364 g/mol. The van der Waals surface area contributed by atoms with E-state index < -0.39 is 8.80 Å². The summed E-state index contributed by atoms with van der Waals surface area (Å²) in [6, 6.07) is 0. The summed E-state index contributed by atoms with van der Waals surface area (Å²) in [5, 5.41) is 0.240. The van der Waals surface area contributed by atoms with Gasteiger partial charge in [0.15, 0.2) is 5.12 Å². The van der Waals surface area contributed by atoms with Gasteiger partial charge in [-0.1, -0.05) is 51.3 Å². The van der Waals surface area contributed by atoms with Crippen LogP contribution in [-0.4, -0.2) is 38.6 Å². The first-order chi connectivity index (χ1) is 11.1. The largest absolute Gasteiger partial charge is 0.515 e. The second-order valence-corrected chi connectivity index (χ2v) is 9.90. The summed E-state index contributed by atoms with van der Waals surface area (Å²) < 4.78 is 17.8. The molecule has 0 saturated carbocycles. The molecule has 0 radical (unpaired) electrons. The third-order valence-corrected chi connectivity index (χ3v) is 9.13. The summed E-state index contributed by atoms with van der Waals surface area (Å²) in [5.74, 6) is 0. The van der Waals surface area contributed by atoms with Gasteiger partial charge in [-0.05, 0) is 33.6 Å². The van der Waals surface area contributed by atoms with E-state index in [4.69, 9.17) is 13.3 Å². The van der Waals surface area contributed by atoms with Gasteiger partial charge in [-0.2, -0.15) is 0 Å². The maximum Gasteiger partial charge on any atom is 0.515 e. The summed E-state index contributed by atoms with van der Waals surface area (Å²) in [5.41, 5.74) is 0. The second-order valence-electron chi connectivity index (χ2n) is 5.45. The Kier molecular flexibility index (Phi) is 14.5. The molecule has 0 spiro atoms. The fourth-order valence-corrected chi connectivity index (χ4v) is 7.35. The van der Waals surface area contributed by atoms with Crippen molar-refractivity contribution >= 4 is 25.7 Å². The van der Waals surface area contributed by atoms with Crippen LogP contribution in [-0.2, 0) is 18.1 Å². The predicted octanol–water partition coefficient (Wildman–Crippen LogP) is 4.97. The van der Waals surface area contributed by atoms with Crippen LogP contribution < -0.4 is 0 Å². The predicted molar refractivity (Wildman–Crippen MR) is 101 cm³/mol. The Labute approximate surface area is 148 Å². The molecule has 1 atom stereocenters. The van der Waals surface area contributed by atoms with Gasteiger partial charge in [0.2, 0.25) is 0 Å². The van der Waals surface area contributed by atoms with Crippen molar-refractivity contribution in [3.05, 3.63) is 0 Å². The first-order valence-corrected chi connectivity index (χ1v) is 11.9. The maximum atomic E-state index is 12.3. The number of thioether (sulfide) groups is 1.